The molecule has 0 spiro atoms. The SMILES string of the molecule is CCS[C@H]1CCC[C@H]1NC(=O)Cc1c(C)nn(C(F)F)c1C. The van der Waals surface area contributed by atoms with Crippen LogP contribution in [0, 0.1) is 13.8 Å². The minimum atomic E-state index is -2.67. The smallest absolute Gasteiger partial charge is 0.333 e. The first-order chi connectivity index (χ1) is 10.4. The summed E-state index contributed by atoms with van der Waals surface area (Å²) < 4.78 is 26.3. The van der Waals surface area contributed by atoms with Crippen LogP contribution in [0.15, 0.2) is 0 Å². The van der Waals surface area contributed by atoms with Crippen molar-refractivity contribution in [2.75, 3.05) is 5.75 Å². The molecule has 0 aromatic carbocycles. The molecule has 1 aliphatic rings. The number of rotatable bonds is 6. The van der Waals surface area contributed by atoms with Gasteiger partial charge in [0.05, 0.1) is 12.1 Å². The maximum atomic E-state index is 12.8. The lowest BCUT2D eigenvalue weighted by molar-refractivity contribution is -0.121. The Morgan fingerprint density at radius 2 is 2.18 bits per heavy atom. The van der Waals surface area contributed by atoms with E-state index in [4.69, 9.17) is 0 Å². The number of thioether (sulfide) groups is 1. The van der Waals surface area contributed by atoms with Crippen molar-refractivity contribution in [3.63, 3.8) is 0 Å². The van der Waals surface area contributed by atoms with Crippen LogP contribution >= 0.6 is 11.8 Å². The van der Waals surface area contributed by atoms with Crippen LogP contribution in [0.4, 0.5) is 8.78 Å². The van der Waals surface area contributed by atoms with Gasteiger partial charge in [-0.1, -0.05) is 13.3 Å². The van der Waals surface area contributed by atoms with Gasteiger partial charge in [-0.25, -0.2) is 4.68 Å². The van der Waals surface area contributed by atoms with Crippen molar-refractivity contribution in [1.29, 1.82) is 0 Å². The number of halogens is 2. The average molecular weight is 331 g/mol. The maximum absolute atomic E-state index is 12.8. The summed E-state index contributed by atoms with van der Waals surface area (Å²) in [6.45, 7) is 2.70. The van der Waals surface area contributed by atoms with Gasteiger partial charge in [-0.2, -0.15) is 25.6 Å². The number of carbonyl (C=O) groups excluding carboxylic acids is 1. The van der Waals surface area contributed by atoms with E-state index in [1.807, 2.05) is 11.8 Å². The molecule has 1 heterocycles. The Morgan fingerprint density at radius 1 is 1.45 bits per heavy atom. The van der Waals surface area contributed by atoms with E-state index in [9.17, 15) is 13.6 Å². The summed E-state index contributed by atoms with van der Waals surface area (Å²) in [6, 6.07) is 0.197. The van der Waals surface area contributed by atoms with Crippen molar-refractivity contribution in [2.45, 2.75) is 64.3 Å². The lowest BCUT2D eigenvalue weighted by Gasteiger charge is -2.20. The molecule has 1 aromatic heterocycles. The second-order valence-electron chi connectivity index (χ2n) is 5.65. The first-order valence-corrected chi connectivity index (χ1v) is 8.72. The zero-order valence-electron chi connectivity index (χ0n) is 13.2. The molecular formula is C15H23F2N3OS. The van der Waals surface area contributed by atoms with Crippen molar-refractivity contribution in [1.82, 2.24) is 15.1 Å². The van der Waals surface area contributed by atoms with E-state index < -0.39 is 6.55 Å². The summed E-state index contributed by atoms with van der Waals surface area (Å²) in [5, 5.41) is 7.36. The van der Waals surface area contributed by atoms with Crippen LogP contribution in [0.1, 0.15) is 49.7 Å². The Kier molecular flexibility index (Phi) is 5.83. The number of hydrogen-bond donors (Lipinski definition) is 1. The van der Waals surface area contributed by atoms with Crippen LogP contribution in [-0.4, -0.2) is 32.7 Å². The van der Waals surface area contributed by atoms with E-state index in [-0.39, 0.29) is 18.4 Å². The van der Waals surface area contributed by atoms with E-state index in [1.54, 1.807) is 13.8 Å². The van der Waals surface area contributed by atoms with Gasteiger partial charge < -0.3 is 5.32 Å². The van der Waals surface area contributed by atoms with Crippen LogP contribution in [0.2, 0.25) is 0 Å². The summed E-state index contributed by atoms with van der Waals surface area (Å²) in [5.41, 5.74) is 1.47. The summed E-state index contributed by atoms with van der Waals surface area (Å²) in [7, 11) is 0. The third kappa shape index (κ3) is 3.80. The predicted octanol–water partition coefficient (Wildman–Crippen LogP) is 3.23. The molecule has 22 heavy (non-hydrogen) atoms. The molecule has 4 nitrogen and oxygen atoms in total. The summed E-state index contributed by atoms with van der Waals surface area (Å²) in [6.07, 6.45) is 3.37. The predicted molar refractivity (Wildman–Crippen MR) is 84.4 cm³/mol. The van der Waals surface area contributed by atoms with Gasteiger partial charge in [-0.3, -0.25) is 4.79 Å². The maximum Gasteiger partial charge on any atom is 0.333 e. The second-order valence-corrected chi connectivity index (χ2v) is 7.16. The molecule has 0 unspecified atom stereocenters. The molecule has 7 heteroatoms. The highest BCUT2D eigenvalue weighted by atomic mass is 32.2. The van der Waals surface area contributed by atoms with Crippen molar-refractivity contribution >= 4 is 17.7 Å². The van der Waals surface area contributed by atoms with E-state index in [0.29, 0.717) is 26.9 Å². The van der Waals surface area contributed by atoms with E-state index in [0.717, 1.165) is 25.0 Å². The Bertz CT molecular complexity index is 533. The van der Waals surface area contributed by atoms with E-state index in [2.05, 4.69) is 17.3 Å². The summed E-state index contributed by atoms with van der Waals surface area (Å²) in [5.74, 6) is 0.935. The number of amides is 1. The Morgan fingerprint density at radius 3 is 2.77 bits per heavy atom. The highest BCUT2D eigenvalue weighted by Crippen LogP contribution is 2.30. The topological polar surface area (TPSA) is 46.9 Å². The van der Waals surface area contributed by atoms with E-state index in [1.165, 1.54) is 0 Å². The standard InChI is InChI=1S/C15H23F2N3OS/c1-4-22-13-7-5-6-12(13)18-14(21)8-11-9(2)19-20(10(11)3)15(16)17/h12-13,15H,4-8H2,1-3H3,(H,18,21)/t12-,13+/m1/s1. The molecule has 0 radical (unpaired) electrons. The fourth-order valence-corrected chi connectivity index (χ4v) is 4.26. The van der Waals surface area contributed by atoms with Crippen LogP contribution in [0.5, 0.6) is 0 Å². The average Bonchev–Trinajstić information content (AvgIpc) is 2.99. The first-order valence-electron chi connectivity index (χ1n) is 7.67. The Labute approximate surface area is 134 Å². The molecule has 124 valence electrons. The van der Waals surface area contributed by atoms with Gasteiger partial charge in [0.15, 0.2) is 0 Å². The Hall–Kier alpha value is -1.11. The molecule has 1 saturated carbocycles. The van der Waals surface area contributed by atoms with Crippen LogP contribution in [-0.2, 0) is 11.2 Å². The molecule has 2 rings (SSSR count). The largest absolute Gasteiger partial charge is 0.352 e. The summed E-state index contributed by atoms with van der Waals surface area (Å²) in [4.78, 5) is 12.3. The van der Waals surface area contributed by atoms with Crippen LogP contribution in [0.3, 0.4) is 0 Å². The number of alkyl halides is 2. The minimum Gasteiger partial charge on any atom is -0.352 e. The molecule has 1 amide bonds. The first kappa shape index (κ1) is 17.2. The minimum absolute atomic E-state index is 0.103. The highest BCUT2D eigenvalue weighted by Gasteiger charge is 2.29. The molecule has 1 N–H and O–H groups in total. The van der Waals surface area contributed by atoms with Gasteiger partial charge in [0.2, 0.25) is 5.91 Å². The summed E-state index contributed by atoms with van der Waals surface area (Å²) >= 11 is 1.88. The van der Waals surface area contributed by atoms with E-state index >= 15 is 0 Å². The number of nitrogens with zero attached hydrogens (tertiary/aromatic N) is 2. The highest BCUT2D eigenvalue weighted by molar-refractivity contribution is 7.99. The fraction of sp³-hybridized carbons (Fsp3) is 0.733. The van der Waals surface area contributed by atoms with Gasteiger partial charge in [-0.05, 0) is 32.4 Å². The normalized spacial score (nSPS) is 21.5. The number of carbonyl (C=O) groups is 1. The molecule has 1 aromatic rings. The van der Waals surface area contributed by atoms with Gasteiger partial charge in [0, 0.05) is 22.5 Å². The zero-order chi connectivity index (χ0) is 16.3. The lowest BCUT2D eigenvalue weighted by atomic mass is 10.1. The second kappa shape index (κ2) is 7.44. The third-order valence-corrected chi connectivity index (χ3v) is 5.50. The number of hydrogen-bond acceptors (Lipinski definition) is 3. The van der Waals surface area contributed by atoms with Crippen molar-refractivity contribution in [2.24, 2.45) is 0 Å². The van der Waals surface area contributed by atoms with Gasteiger partial charge in [0.1, 0.15) is 0 Å². The third-order valence-electron chi connectivity index (χ3n) is 4.18. The molecule has 0 saturated heterocycles. The molecule has 0 aliphatic heterocycles. The molecule has 0 bridgehead atoms. The number of aromatic nitrogens is 2. The number of aryl methyl sites for hydroxylation is 1. The fourth-order valence-electron chi connectivity index (χ4n) is 3.07. The quantitative estimate of drug-likeness (QED) is 0.870. The van der Waals surface area contributed by atoms with Crippen molar-refractivity contribution in [3.05, 3.63) is 17.0 Å². The number of nitrogens with one attached hydrogen (secondary N) is 1. The van der Waals surface area contributed by atoms with Crippen molar-refractivity contribution in [3.8, 4) is 0 Å². The Balaban J connectivity index is 2.00. The van der Waals surface area contributed by atoms with Crippen LogP contribution < -0.4 is 5.32 Å². The molecule has 2 atom stereocenters. The zero-order valence-corrected chi connectivity index (χ0v) is 14.1. The van der Waals surface area contributed by atoms with Crippen LogP contribution in [0.25, 0.3) is 0 Å². The molecule has 1 aliphatic carbocycles. The lowest BCUT2D eigenvalue weighted by Crippen LogP contribution is -2.39. The van der Waals surface area contributed by atoms with Gasteiger partial charge in [0.25, 0.3) is 0 Å². The monoisotopic (exact) mass is 331 g/mol. The van der Waals surface area contributed by atoms with Gasteiger partial charge in [-0.15, -0.1) is 0 Å². The van der Waals surface area contributed by atoms with Gasteiger partial charge >= 0.3 is 6.55 Å². The van der Waals surface area contributed by atoms with Crippen molar-refractivity contribution < 1.29 is 13.6 Å². The molecular weight excluding hydrogens is 308 g/mol. The molecule has 1 fully saturated rings.